The lowest BCUT2D eigenvalue weighted by Crippen LogP contribution is -2.42. The summed E-state index contributed by atoms with van der Waals surface area (Å²) < 4.78 is 2.31. The summed E-state index contributed by atoms with van der Waals surface area (Å²) in [5, 5.41) is 4.06. The van der Waals surface area contributed by atoms with Crippen LogP contribution >= 0.6 is 0 Å². The van der Waals surface area contributed by atoms with E-state index in [4.69, 9.17) is 5.73 Å². The topological polar surface area (TPSA) is 85.6 Å². The molecule has 1 aliphatic heterocycles. The highest BCUT2D eigenvalue weighted by Gasteiger charge is 2.26. The van der Waals surface area contributed by atoms with Gasteiger partial charge in [0.25, 0.3) is 5.91 Å². The van der Waals surface area contributed by atoms with Crippen LogP contribution in [0.3, 0.4) is 0 Å². The van der Waals surface area contributed by atoms with Crippen LogP contribution in [0.1, 0.15) is 17.6 Å². The van der Waals surface area contributed by atoms with Crippen LogP contribution in [-0.2, 0) is 0 Å². The minimum absolute atomic E-state index is 0.186. The van der Waals surface area contributed by atoms with E-state index in [1.165, 1.54) is 4.40 Å². The summed E-state index contributed by atoms with van der Waals surface area (Å²) in [4.78, 5) is 26.4. The second-order valence-corrected chi connectivity index (χ2v) is 5.02. The maximum Gasteiger partial charge on any atom is 0.357 e. The summed E-state index contributed by atoms with van der Waals surface area (Å²) in [5.41, 5.74) is 5.74. The maximum absolute atomic E-state index is 12.3. The van der Waals surface area contributed by atoms with Gasteiger partial charge in [-0.1, -0.05) is 6.07 Å². The molecule has 1 unspecified atom stereocenters. The Kier molecular flexibility index (Phi) is 3.37. The fourth-order valence-corrected chi connectivity index (χ4v) is 2.70. The third kappa shape index (κ3) is 2.14. The predicted octanol–water partition coefficient (Wildman–Crippen LogP) is -0.441. The Morgan fingerprint density at radius 2 is 2.30 bits per heavy atom. The maximum atomic E-state index is 12.3. The molecule has 0 spiro atoms. The number of aromatic nitrogens is 3. The smallest absolute Gasteiger partial charge is 0.329 e. The zero-order valence-corrected chi connectivity index (χ0v) is 11.1. The van der Waals surface area contributed by atoms with Gasteiger partial charge in [0.1, 0.15) is 0 Å². The van der Waals surface area contributed by atoms with E-state index in [0.717, 1.165) is 24.1 Å². The number of pyridine rings is 1. The summed E-state index contributed by atoms with van der Waals surface area (Å²) in [5.74, 6) is -0.306. The Morgan fingerprint density at radius 3 is 3.05 bits per heavy atom. The number of carbonyl (C=O) groups is 1. The fraction of sp³-hybridized carbons (Fsp3) is 0.462. The second-order valence-electron chi connectivity index (χ2n) is 5.02. The molecule has 0 bridgehead atoms. The number of nitrogens with zero attached hydrogens (tertiary/aromatic N) is 4. The quantitative estimate of drug-likeness (QED) is 0.820. The number of nitrogens with two attached hydrogens (primary N) is 1. The minimum atomic E-state index is -0.422. The molecule has 2 aromatic heterocycles. The van der Waals surface area contributed by atoms with Crippen LogP contribution in [0.2, 0.25) is 0 Å². The molecule has 106 valence electrons. The highest BCUT2D eigenvalue weighted by molar-refractivity contribution is 5.80. The van der Waals surface area contributed by atoms with E-state index >= 15 is 0 Å². The van der Waals surface area contributed by atoms with Gasteiger partial charge < -0.3 is 5.73 Å². The predicted molar refractivity (Wildman–Crippen MR) is 73.7 cm³/mol. The molecule has 0 radical (unpaired) electrons. The van der Waals surface area contributed by atoms with E-state index in [1.54, 1.807) is 24.4 Å². The summed E-state index contributed by atoms with van der Waals surface area (Å²) in [6, 6.07) is 5.44. The van der Waals surface area contributed by atoms with Crippen LogP contribution in [0.4, 0.5) is 0 Å². The Bertz CT molecular complexity index is 689. The normalized spacial score (nSPS) is 19.8. The van der Waals surface area contributed by atoms with Gasteiger partial charge in [0.05, 0.1) is 6.54 Å². The lowest BCUT2D eigenvalue weighted by atomic mass is 10.2. The summed E-state index contributed by atoms with van der Waals surface area (Å²) in [6.07, 6.45) is 3.64. The third-order valence-corrected chi connectivity index (χ3v) is 3.77. The molecule has 1 aliphatic rings. The van der Waals surface area contributed by atoms with Crippen molar-refractivity contribution < 1.29 is 4.79 Å². The molecular formula is C13H17N5O2. The van der Waals surface area contributed by atoms with Gasteiger partial charge in [-0.2, -0.15) is 0 Å². The second kappa shape index (κ2) is 5.18. The first-order valence-electron chi connectivity index (χ1n) is 6.74. The number of likely N-dealkylation sites (tertiary alicyclic amines) is 1. The number of fused-ring (bicyclic) bond motifs is 1. The van der Waals surface area contributed by atoms with Crippen LogP contribution in [0.15, 0.2) is 29.2 Å². The van der Waals surface area contributed by atoms with E-state index < -0.39 is 5.69 Å². The Balaban J connectivity index is 1.86. The van der Waals surface area contributed by atoms with Crippen LogP contribution in [0.5, 0.6) is 0 Å². The van der Waals surface area contributed by atoms with Crippen molar-refractivity contribution in [2.45, 2.75) is 18.9 Å². The largest absolute Gasteiger partial charge is 0.357 e. The zero-order valence-electron chi connectivity index (χ0n) is 11.1. The molecule has 2 aromatic rings. The van der Waals surface area contributed by atoms with E-state index in [2.05, 4.69) is 5.10 Å². The van der Waals surface area contributed by atoms with Gasteiger partial charge in [-0.15, -0.1) is 9.78 Å². The first-order valence-corrected chi connectivity index (χ1v) is 6.74. The average molecular weight is 275 g/mol. The zero-order chi connectivity index (χ0) is 14.1. The van der Waals surface area contributed by atoms with E-state index in [1.807, 2.05) is 4.90 Å². The first kappa shape index (κ1) is 13.0. The monoisotopic (exact) mass is 275 g/mol. The van der Waals surface area contributed by atoms with Gasteiger partial charge in [0.15, 0.2) is 5.65 Å². The van der Waals surface area contributed by atoms with Crippen molar-refractivity contribution in [3.8, 4) is 0 Å². The third-order valence-electron chi connectivity index (χ3n) is 3.77. The molecule has 0 saturated carbocycles. The molecule has 7 nitrogen and oxygen atoms in total. The first-order chi connectivity index (χ1) is 9.70. The molecule has 0 aromatic carbocycles. The molecule has 1 saturated heterocycles. The molecule has 20 heavy (non-hydrogen) atoms. The summed E-state index contributed by atoms with van der Waals surface area (Å²) in [7, 11) is 0. The van der Waals surface area contributed by atoms with Crippen molar-refractivity contribution in [2.24, 2.45) is 5.73 Å². The molecular weight excluding hydrogens is 258 g/mol. The Labute approximate surface area is 115 Å². The van der Waals surface area contributed by atoms with Crippen molar-refractivity contribution in [3.63, 3.8) is 0 Å². The van der Waals surface area contributed by atoms with Gasteiger partial charge in [-0.3, -0.25) is 9.69 Å². The van der Waals surface area contributed by atoms with E-state index in [-0.39, 0.29) is 18.5 Å². The van der Waals surface area contributed by atoms with Gasteiger partial charge >= 0.3 is 5.69 Å². The van der Waals surface area contributed by atoms with Crippen LogP contribution in [0.25, 0.3) is 5.65 Å². The summed E-state index contributed by atoms with van der Waals surface area (Å²) >= 11 is 0. The number of hydrogen-bond acceptors (Lipinski definition) is 5. The van der Waals surface area contributed by atoms with E-state index in [0.29, 0.717) is 12.2 Å². The SMILES string of the molecule is NCC1CCCN1CC(=O)n1nc2ccccn2c1=O. The van der Waals surface area contributed by atoms with Crippen LogP contribution < -0.4 is 11.4 Å². The lowest BCUT2D eigenvalue weighted by molar-refractivity contribution is 0.0820. The van der Waals surface area contributed by atoms with Crippen molar-refractivity contribution >= 4 is 11.6 Å². The molecule has 1 fully saturated rings. The molecule has 3 heterocycles. The van der Waals surface area contributed by atoms with Crippen molar-refractivity contribution in [3.05, 3.63) is 34.9 Å². The van der Waals surface area contributed by atoms with E-state index in [9.17, 15) is 9.59 Å². The molecule has 3 rings (SSSR count). The lowest BCUT2D eigenvalue weighted by Gasteiger charge is -2.21. The minimum Gasteiger partial charge on any atom is -0.329 e. The Morgan fingerprint density at radius 1 is 1.45 bits per heavy atom. The molecule has 0 aliphatic carbocycles. The molecule has 2 N–H and O–H groups in total. The standard InChI is InChI=1S/C13H17N5O2/c14-8-10-4-3-6-16(10)9-12(19)18-13(20)17-7-2-1-5-11(17)15-18/h1-2,5,7,10H,3-4,6,8-9,14H2. The van der Waals surface area contributed by atoms with Gasteiger partial charge in [0.2, 0.25) is 0 Å². The molecule has 0 amide bonds. The van der Waals surface area contributed by atoms with Gasteiger partial charge in [-0.05, 0) is 31.5 Å². The summed E-state index contributed by atoms with van der Waals surface area (Å²) in [6.45, 7) is 1.56. The van der Waals surface area contributed by atoms with Crippen LogP contribution in [-0.4, -0.2) is 50.7 Å². The van der Waals surface area contributed by atoms with Crippen molar-refractivity contribution in [1.82, 2.24) is 19.1 Å². The highest BCUT2D eigenvalue weighted by Crippen LogP contribution is 2.15. The van der Waals surface area contributed by atoms with Gasteiger partial charge in [-0.25, -0.2) is 9.20 Å². The molecule has 1 atom stereocenters. The van der Waals surface area contributed by atoms with Crippen molar-refractivity contribution in [2.75, 3.05) is 19.6 Å². The number of rotatable bonds is 3. The Hall–Kier alpha value is -1.99. The number of hydrogen-bond donors (Lipinski definition) is 1. The van der Waals surface area contributed by atoms with Gasteiger partial charge in [0, 0.05) is 18.8 Å². The number of carbonyl (C=O) groups excluding carboxylic acids is 1. The highest BCUT2D eigenvalue weighted by atomic mass is 16.2. The van der Waals surface area contributed by atoms with Crippen LogP contribution in [0, 0.1) is 0 Å². The fourth-order valence-electron chi connectivity index (χ4n) is 2.70. The average Bonchev–Trinajstić information content (AvgIpc) is 3.04. The van der Waals surface area contributed by atoms with Crippen molar-refractivity contribution in [1.29, 1.82) is 0 Å². The molecule has 7 heteroatoms.